The number of hydrogen-bond acceptors (Lipinski definition) is 7. The second-order valence-corrected chi connectivity index (χ2v) is 13.5. The number of carbonyl (C=O) groups excluding carboxylic acids is 1. The van der Waals surface area contributed by atoms with Crippen LogP contribution in [0.3, 0.4) is 0 Å². The standard InChI is InChI=1S/C27H34N6O5S2/c1-27(2,3)33-40(37,38)23-13-20(31-25(34)30-15-17-5-4-12-28-14-17)10-11-21(23)22-16-29-24(39-22)18-6-8-19(9-7-18)32-26(35)36/h4-5,10-14,16,18-19,32-33H,6-9,15H2,1-3H3,(H,35,36)(H2,30,31,34). The molecule has 0 radical (unpaired) electrons. The molecule has 0 atom stereocenters. The van der Waals surface area contributed by atoms with E-state index in [9.17, 15) is 18.0 Å². The van der Waals surface area contributed by atoms with Crippen molar-refractivity contribution in [3.63, 3.8) is 0 Å². The van der Waals surface area contributed by atoms with Crippen LogP contribution in [0.4, 0.5) is 15.3 Å². The van der Waals surface area contributed by atoms with Gasteiger partial charge in [-0.1, -0.05) is 12.1 Å². The molecule has 5 N–H and O–H groups in total. The van der Waals surface area contributed by atoms with E-state index in [1.807, 2.05) is 6.07 Å². The number of anilines is 1. The van der Waals surface area contributed by atoms with Gasteiger partial charge < -0.3 is 21.1 Å². The molecule has 2 aromatic heterocycles. The summed E-state index contributed by atoms with van der Waals surface area (Å²) in [5.74, 6) is 0.183. The van der Waals surface area contributed by atoms with Gasteiger partial charge in [-0.25, -0.2) is 27.7 Å². The van der Waals surface area contributed by atoms with E-state index < -0.39 is 27.7 Å². The molecule has 214 valence electrons. The number of aromatic nitrogens is 2. The minimum atomic E-state index is -3.96. The average Bonchev–Trinajstić information content (AvgIpc) is 3.37. The van der Waals surface area contributed by atoms with Crippen molar-refractivity contribution >= 4 is 39.2 Å². The maximum Gasteiger partial charge on any atom is 0.404 e. The number of carbonyl (C=O) groups is 2. The highest BCUT2D eigenvalue weighted by molar-refractivity contribution is 7.89. The van der Waals surface area contributed by atoms with Crippen LogP contribution in [0.5, 0.6) is 0 Å². The van der Waals surface area contributed by atoms with E-state index in [-0.39, 0.29) is 23.4 Å². The molecule has 2 heterocycles. The van der Waals surface area contributed by atoms with Crippen LogP contribution in [0, 0.1) is 0 Å². The monoisotopic (exact) mass is 586 g/mol. The normalized spacial score (nSPS) is 17.7. The lowest BCUT2D eigenvalue weighted by Gasteiger charge is -2.27. The van der Waals surface area contributed by atoms with Gasteiger partial charge in [-0.3, -0.25) is 4.98 Å². The second kappa shape index (κ2) is 12.3. The third-order valence-electron chi connectivity index (χ3n) is 6.34. The molecular formula is C27H34N6O5S2. The van der Waals surface area contributed by atoms with Gasteiger partial charge in [0.25, 0.3) is 0 Å². The van der Waals surface area contributed by atoms with Crippen molar-refractivity contribution in [2.24, 2.45) is 0 Å². The van der Waals surface area contributed by atoms with E-state index >= 15 is 0 Å². The Morgan fingerprint density at radius 1 is 1.10 bits per heavy atom. The number of rotatable bonds is 8. The molecule has 0 saturated heterocycles. The van der Waals surface area contributed by atoms with E-state index in [1.165, 1.54) is 17.4 Å². The first-order valence-electron chi connectivity index (χ1n) is 13.0. The van der Waals surface area contributed by atoms with E-state index in [2.05, 4.69) is 30.6 Å². The molecule has 0 unspecified atom stereocenters. The summed E-state index contributed by atoms with van der Waals surface area (Å²) >= 11 is 1.44. The number of urea groups is 1. The van der Waals surface area contributed by atoms with Crippen molar-refractivity contribution in [3.8, 4) is 10.4 Å². The zero-order valence-corrected chi connectivity index (χ0v) is 24.2. The van der Waals surface area contributed by atoms with E-state index in [4.69, 9.17) is 5.11 Å². The number of thiazole rings is 1. The number of hydrogen-bond donors (Lipinski definition) is 5. The van der Waals surface area contributed by atoms with Crippen LogP contribution in [-0.4, -0.2) is 47.2 Å². The molecule has 40 heavy (non-hydrogen) atoms. The lowest BCUT2D eigenvalue weighted by atomic mass is 9.86. The molecule has 13 heteroatoms. The molecule has 1 aromatic carbocycles. The number of carboxylic acid groups (broad SMARTS) is 1. The van der Waals surface area contributed by atoms with Crippen molar-refractivity contribution in [3.05, 3.63) is 59.5 Å². The Labute approximate surface area is 237 Å². The summed E-state index contributed by atoms with van der Waals surface area (Å²) in [5.41, 5.74) is 0.930. The van der Waals surface area contributed by atoms with Gasteiger partial charge >= 0.3 is 12.1 Å². The SMILES string of the molecule is CC(C)(C)NS(=O)(=O)c1cc(NC(=O)NCc2cccnc2)ccc1-c1cnc(C2CCC(NC(=O)O)CC2)s1. The molecule has 1 aliphatic rings. The molecule has 4 rings (SSSR count). The molecule has 11 nitrogen and oxygen atoms in total. The summed E-state index contributed by atoms with van der Waals surface area (Å²) in [6.45, 7) is 5.56. The van der Waals surface area contributed by atoms with Crippen molar-refractivity contribution in [1.29, 1.82) is 0 Å². The Balaban J connectivity index is 1.56. The number of sulfonamides is 1. The number of amides is 3. The van der Waals surface area contributed by atoms with Gasteiger partial charge in [0.2, 0.25) is 10.0 Å². The Kier molecular flexibility index (Phi) is 9.06. The quantitative estimate of drug-likeness (QED) is 0.251. The Morgan fingerprint density at radius 3 is 2.50 bits per heavy atom. The summed E-state index contributed by atoms with van der Waals surface area (Å²) in [6, 6.07) is 7.88. The Bertz CT molecular complexity index is 1450. The van der Waals surface area contributed by atoms with Crippen molar-refractivity contribution in [2.45, 2.75) is 75.4 Å². The van der Waals surface area contributed by atoms with Crippen molar-refractivity contribution in [1.82, 2.24) is 25.3 Å². The van der Waals surface area contributed by atoms with Crippen LogP contribution in [0.25, 0.3) is 10.4 Å². The zero-order chi connectivity index (χ0) is 28.9. The fourth-order valence-corrected chi connectivity index (χ4v) is 7.46. The Hall–Kier alpha value is -3.55. The molecule has 0 bridgehead atoms. The highest BCUT2D eigenvalue weighted by Gasteiger charge is 2.29. The molecule has 0 aliphatic heterocycles. The van der Waals surface area contributed by atoms with E-state index in [0.29, 0.717) is 16.1 Å². The molecule has 1 aliphatic carbocycles. The van der Waals surface area contributed by atoms with Gasteiger partial charge in [0.15, 0.2) is 0 Å². The van der Waals surface area contributed by atoms with Crippen LogP contribution in [0.15, 0.2) is 53.8 Å². The number of pyridine rings is 1. The predicted molar refractivity (Wildman–Crippen MR) is 154 cm³/mol. The fourth-order valence-electron chi connectivity index (χ4n) is 4.60. The van der Waals surface area contributed by atoms with Crippen LogP contribution in [0.1, 0.15) is 62.9 Å². The summed E-state index contributed by atoms with van der Waals surface area (Å²) < 4.78 is 29.7. The third kappa shape index (κ3) is 7.99. The third-order valence-corrected chi connectivity index (χ3v) is 9.33. The Morgan fingerprint density at radius 2 is 1.85 bits per heavy atom. The maximum absolute atomic E-state index is 13.5. The van der Waals surface area contributed by atoms with Crippen LogP contribution in [-0.2, 0) is 16.6 Å². The number of nitrogens with one attached hydrogen (secondary N) is 4. The summed E-state index contributed by atoms with van der Waals surface area (Å²) in [4.78, 5) is 32.9. The summed E-state index contributed by atoms with van der Waals surface area (Å²) in [6.07, 6.45) is 7.02. The minimum Gasteiger partial charge on any atom is -0.465 e. The molecule has 1 fully saturated rings. The van der Waals surface area contributed by atoms with Gasteiger partial charge in [-0.05, 0) is 70.2 Å². The van der Waals surface area contributed by atoms with Gasteiger partial charge in [0.05, 0.1) is 14.8 Å². The van der Waals surface area contributed by atoms with Crippen molar-refractivity contribution in [2.75, 3.05) is 5.32 Å². The largest absolute Gasteiger partial charge is 0.465 e. The predicted octanol–water partition coefficient (Wildman–Crippen LogP) is 4.90. The van der Waals surface area contributed by atoms with Gasteiger partial charge in [-0.2, -0.15) is 0 Å². The fraction of sp³-hybridized carbons (Fsp3) is 0.407. The molecule has 3 amide bonds. The highest BCUT2D eigenvalue weighted by Crippen LogP contribution is 2.40. The van der Waals surface area contributed by atoms with Crippen LogP contribution in [0.2, 0.25) is 0 Å². The lowest BCUT2D eigenvalue weighted by molar-refractivity contribution is 0.185. The smallest absolute Gasteiger partial charge is 0.404 e. The first-order valence-corrected chi connectivity index (χ1v) is 15.3. The average molecular weight is 587 g/mol. The maximum atomic E-state index is 13.5. The van der Waals surface area contributed by atoms with Gasteiger partial charge in [-0.15, -0.1) is 11.3 Å². The number of benzene rings is 1. The first-order chi connectivity index (χ1) is 18.9. The van der Waals surface area contributed by atoms with Gasteiger partial charge in [0, 0.05) is 53.9 Å². The van der Waals surface area contributed by atoms with Crippen LogP contribution < -0.4 is 20.7 Å². The van der Waals surface area contributed by atoms with Crippen LogP contribution >= 0.6 is 11.3 Å². The molecule has 0 spiro atoms. The molecule has 3 aromatic rings. The second-order valence-electron chi connectivity index (χ2n) is 10.8. The first kappa shape index (κ1) is 29.4. The number of nitrogens with zero attached hydrogens (tertiary/aromatic N) is 2. The van der Waals surface area contributed by atoms with Gasteiger partial charge in [0.1, 0.15) is 0 Å². The lowest BCUT2D eigenvalue weighted by Crippen LogP contribution is -2.40. The summed E-state index contributed by atoms with van der Waals surface area (Å²) in [5, 5.41) is 17.9. The van der Waals surface area contributed by atoms with Crippen molar-refractivity contribution < 1.29 is 23.1 Å². The van der Waals surface area contributed by atoms with E-state index in [1.54, 1.807) is 57.6 Å². The minimum absolute atomic E-state index is 0.0389. The van der Waals surface area contributed by atoms with E-state index in [0.717, 1.165) is 36.3 Å². The molecular weight excluding hydrogens is 552 g/mol. The zero-order valence-electron chi connectivity index (χ0n) is 22.6. The topological polar surface area (TPSA) is 162 Å². The summed E-state index contributed by atoms with van der Waals surface area (Å²) in [7, 11) is -3.96. The molecule has 1 saturated carbocycles. The highest BCUT2D eigenvalue weighted by atomic mass is 32.2.